The zero-order chi connectivity index (χ0) is 13.8. The maximum absolute atomic E-state index is 11.0. The van der Waals surface area contributed by atoms with Crippen LogP contribution in [0.4, 0.5) is 5.69 Å². The molecule has 1 N–H and O–H groups in total. The molecule has 0 heterocycles. The molecular weight excluding hydrogens is 257 g/mol. The van der Waals surface area contributed by atoms with Crippen molar-refractivity contribution in [2.75, 3.05) is 0 Å². The Kier molecular flexibility index (Phi) is 5.02. The van der Waals surface area contributed by atoms with E-state index in [0.717, 1.165) is 0 Å². The Hall–Kier alpha value is -1.23. The second-order valence-corrected chi connectivity index (χ2v) is 4.58. The summed E-state index contributed by atoms with van der Waals surface area (Å²) >= 11 is 0. The van der Waals surface area contributed by atoms with E-state index in [1.807, 2.05) is 0 Å². The highest BCUT2D eigenvalue weighted by Gasteiger charge is 2.36. The van der Waals surface area contributed by atoms with Crippen LogP contribution in [0.2, 0.25) is 0 Å². The third-order valence-corrected chi connectivity index (χ3v) is 3.58. The van der Waals surface area contributed by atoms with E-state index in [0.29, 0.717) is 18.4 Å². The average molecular weight is 273 g/mol. The molecule has 1 atom stereocenters. The Morgan fingerprint density at radius 3 is 2.39 bits per heavy atom. The van der Waals surface area contributed by atoms with Crippen molar-refractivity contribution < 1.29 is 18.9 Å². The van der Waals surface area contributed by atoms with Gasteiger partial charge in [-0.1, -0.05) is 26.0 Å². The highest BCUT2D eigenvalue weighted by Crippen LogP contribution is 2.43. The Balaban J connectivity index is 3.37. The van der Waals surface area contributed by atoms with Crippen LogP contribution in [0.15, 0.2) is 24.3 Å². The molecular formula is C11H16NO5P. The summed E-state index contributed by atoms with van der Waals surface area (Å²) in [6.45, 7) is 3.54. The molecule has 1 aromatic rings. The fraction of sp³-hybridized carbons (Fsp3) is 0.455. The number of hydrogen-bond donors (Lipinski definition) is 1. The lowest BCUT2D eigenvalue weighted by Crippen LogP contribution is -2.26. The van der Waals surface area contributed by atoms with Crippen LogP contribution >= 0.6 is 8.25 Å². The van der Waals surface area contributed by atoms with Gasteiger partial charge >= 0.3 is 8.25 Å². The first kappa shape index (κ1) is 14.8. The summed E-state index contributed by atoms with van der Waals surface area (Å²) in [5.41, 5.74) is -0.842. The highest BCUT2D eigenvalue weighted by molar-refractivity contribution is 7.32. The van der Waals surface area contributed by atoms with E-state index in [-0.39, 0.29) is 5.69 Å². The first-order valence-corrected chi connectivity index (χ1v) is 6.89. The van der Waals surface area contributed by atoms with E-state index < -0.39 is 18.8 Å². The van der Waals surface area contributed by atoms with Gasteiger partial charge in [0.15, 0.2) is 0 Å². The SMILES string of the molecule is CCC(CC)(O[PH](=O)O)c1ccccc1[N+](=O)[O-]. The molecule has 1 unspecified atom stereocenters. The summed E-state index contributed by atoms with van der Waals surface area (Å²) in [5, 5.41) is 11.0. The first-order chi connectivity index (χ1) is 8.46. The summed E-state index contributed by atoms with van der Waals surface area (Å²) in [6.07, 6.45) is 0.761. The minimum absolute atomic E-state index is 0.0931. The first-order valence-electron chi connectivity index (χ1n) is 5.62. The molecule has 1 rings (SSSR count). The minimum Gasteiger partial charge on any atom is -0.326 e. The molecule has 0 saturated carbocycles. The summed E-state index contributed by atoms with van der Waals surface area (Å²) in [4.78, 5) is 19.5. The molecule has 6 nitrogen and oxygen atoms in total. The fourth-order valence-electron chi connectivity index (χ4n) is 2.02. The van der Waals surface area contributed by atoms with E-state index in [1.54, 1.807) is 32.0 Å². The molecule has 1 aromatic carbocycles. The summed E-state index contributed by atoms with van der Waals surface area (Å²) in [6, 6.07) is 6.14. The molecule has 0 bridgehead atoms. The van der Waals surface area contributed by atoms with Crippen LogP contribution < -0.4 is 0 Å². The van der Waals surface area contributed by atoms with Gasteiger partial charge in [0.05, 0.1) is 10.5 Å². The molecule has 18 heavy (non-hydrogen) atoms. The summed E-state index contributed by atoms with van der Waals surface area (Å²) in [7, 11) is -3.18. The van der Waals surface area contributed by atoms with Gasteiger partial charge in [0.1, 0.15) is 5.60 Å². The van der Waals surface area contributed by atoms with Gasteiger partial charge in [0, 0.05) is 6.07 Å². The monoisotopic (exact) mass is 273 g/mol. The number of para-hydroxylation sites is 1. The predicted octanol–water partition coefficient (Wildman–Crippen LogP) is 3.01. The van der Waals surface area contributed by atoms with Crippen molar-refractivity contribution in [3.63, 3.8) is 0 Å². The van der Waals surface area contributed by atoms with Gasteiger partial charge in [-0.3, -0.25) is 19.2 Å². The van der Waals surface area contributed by atoms with Gasteiger partial charge in [0.2, 0.25) is 0 Å². The molecule has 0 aliphatic heterocycles. The van der Waals surface area contributed by atoms with Crippen LogP contribution in [-0.2, 0) is 14.7 Å². The number of rotatable bonds is 6. The third kappa shape index (κ3) is 2.96. The molecule has 0 saturated heterocycles. The van der Waals surface area contributed by atoms with Crippen LogP contribution in [0.25, 0.3) is 0 Å². The van der Waals surface area contributed by atoms with Gasteiger partial charge in [-0.15, -0.1) is 0 Å². The lowest BCUT2D eigenvalue weighted by molar-refractivity contribution is -0.386. The van der Waals surface area contributed by atoms with Crippen molar-refractivity contribution in [2.24, 2.45) is 0 Å². The molecule has 0 aromatic heterocycles. The van der Waals surface area contributed by atoms with Gasteiger partial charge < -0.3 is 4.89 Å². The van der Waals surface area contributed by atoms with Crippen molar-refractivity contribution in [2.45, 2.75) is 32.3 Å². The van der Waals surface area contributed by atoms with Gasteiger partial charge in [-0.2, -0.15) is 0 Å². The highest BCUT2D eigenvalue weighted by atomic mass is 31.1. The zero-order valence-electron chi connectivity index (χ0n) is 10.3. The topological polar surface area (TPSA) is 89.7 Å². The maximum Gasteiger partial charge on any atom is 0.317 e. The van der Waals surface area contributed by atoms with Crippen LogP contribution in [-0.4, -0.2) is 9.82 Å². The second-order valence-electron chi connectivity index (χ2n) is 3.84. The Morgan fingerprint density at radius 1 is 1.39 bits per heavy atom. The predicted molar refractivity (Wildman–Crippen MR) is 67.7 cm³/mol. The number of hydrogen-bond acceptors (Lipinski definition) is 4. The van der Waals surface area contributed by atoms with Crippen molar-refractivity contribution in [1.29, 1.82) is 0 Å². The van der Waals surface area contributed by atoms with Crippen LogP contribution in [0.1, 0.15) is 32.3 Å². The van der Waals surface area contributed by atoms with E-state index in [9.17, 15) is 14.7 Å². The molecule has 0 aliphatic rings. The number of nitro benzene ring substituents is 1. The van der Waals surface area contributed by atoms with Crippen LogP contribution in [0.5, 0.6) is 0 Å². The maximum atomic E-state index is 11.0. The Morgan fingerprint density at radius 2 is 1.94 bits per heavy atom. The van der Waals surface area contributed by atoms with Gasteiger partial charge in [-0.05, 0) is 18.9 Å². The van der Waals surface area contributed by atoms with Crippen molar-refractivity contribution >= 4 is 13.9 Å². The Labute approximate surface area is 106 Å². The van der Waals surface area contributed by atoms with Crippen molar-refractivity contribution in [1.82, 2.24) is 0 Å². The Bertz CT molecular complexity index is 459. The van der Waals surface area contributed by atoms with E-state index in [2.05, 4.69) is 0 Å². The smallest absolute Gasteiger partial charge is 0.317 e. The molecule has 0 aliphatic carbocycles. The molecule has 0 amide bonds. The minimum atomic E-state index is -3.18. The summed E-state index contributed by atoms with van der Waals surface area (Å²) < 4.78 is 16.1. The normalized spacial score (nSPS) is 13.3. The average Bonchev–Trinajstić information content (AvgIpc) is 2.35. The van der Waals surface area contributed by atoms with Crippen LogP contribution in [0, 0.1) is 10.1 Å². The van der Waals surface area contributed by atoms with Crippen LogP contribution in [0.3, 0.4) is 0 Å². The molecule has 7 heteroatoms. The molecule has 0 spiro atoms. The third-order valence-electron chi connectivity index (χ3n) is 3.02. The van der Waals surface area contributed by atoms with Gasteiger partial charge in [-0.25, -0.2) is 0 Å². The van der Waals surface area contributed by atoms with E-state index in [4.69, 9.17) is 9.42 Å². The second kappa shape index (κ2) is 6.09. The molecule has 0 fully saturated rings. The number of nitrogens with zero attached hydrogens (tertiary/aromatic N) is 1. The molecule has 0 radical (unpaired) electrons. The fourth-order valence-corrected chi connectivity index (χ4v) is 2.75. The lowest BCUT2D eigenvalue weighted by Gasteiger charge is -2.30. The largest absolute Gasteiger partial charge is 0.326 e. The van der Waals surface area contributed by atoms with E-state index in [1.165, 1.54) is 6.07 Å². The summed E-state index contributed by atoms with van der Waals surface area (Å²) in [5.74, 6) is 0. The lowest BCUT2D eigenvalue weighted by atomic mass is 9.87. The van der Waals surface area contributed by atoms with E-state index >= 15 is 0 Å². The number of benzene rings is 1. The standard InChI is InChI=1S/C11H16NO5P/c1-3-11(4-2,17-18(15)16)9-7-5-6-8-10(9)12(13)14/h5-8,18H,3-4H2,1-2H3,(H,15,16). The zero-order valence-corrected chi connectivity index (χ0v) is 11.3. The number of nitro groups is 1. The molecule has 100 valence electrons. The van der Waals surface area contributed by atoms with Gasteiger partial charge in [0.25, 0.3) is 5.69 Å². The van der Waals surface area contributed by atoms with Crippen molar-refractivity contribution in [3.8, 4) is 0 Å². The quantitative estimate of drug-likeness (QED) is 0.489. The van der Waals surface area contributed by atoms with Crippen molar-refractivity contribution in [3.05, 3.63) is 39.9 Å².